The van der Waals surface area contributed by atoms with Crippen LogP contribution in [0.2, 0.25) is 0 Å². The molecule has 0 aliphatic carbocycles. The van der Waals surface area contributed by atoms with Crippen LogP contribution >= 0.6 is 0 Å². The number of carbonyl (C=O) groups is 1. The molecule has 4 nitrogen and oxygen atoms in total. The van der Waals surface area contributed by atoms with Crippen LogP contribution in [0.1, 0.15) is 6.92 Å². The van der Waals surface area contributed by atoms with Crippen LogP contribution in [-0.2, 0) is 4.74 Å². The van der Waals surface area contributed by atoms with Crippen molar-refractivity contribution in [3.05, 3.63) is 0 Å². The van der Waals surface area contributed by atoms with Gasteiger partial charge in [0, 0.05) is 0 Å². The van der Waals surface area contributed by atoms with Crippen LogP contribution < -0.4 is 10.5 Å². The quantitative estimate of drug-likeness (QED) is 0.504. The third-order valence-corrected chi connectivity index (χ3v) is 0.610. The number of hydrogen-bond acceptors (Lipinski definition) is 3. The highest BCUT2D eigenvalue weighted by Crippen LogP contribution is 1.71. The summed E-state index contributed by atoms with van der Waals surface area (Å²) >= 11 is 0. The molecule has 0 rings (SSSR count). The number of carbonyl (C=O) groups excluding carboxylic acids is 1. The van der Waals surface area contributed by atoms with Gasteiger partial charge in [0.05, 0.1) is 6.61 Å². The third kappa shape index (κ3) is 5.16. The lowest BCUT2D eigenvalue weighted by molar-refractivity contribution is 0.158. The van der Waals surface area contributed by atoms with Crippen LogP contribution in [0.3, 0.4) is 0 Å². The van der Waals surface area contributed by atoms with E-state index in [2.05, 4.69) is 15.2 Å². The highest BCUT2D eigenvalue weighted by atomic mass is 16.5. The van der Waals surface area contributed by atoms with Gasteiger partial charge in [0.2, 0.25) is 0 Å². The lowest BCUT2D eigenvalue weighted by Gasteiger charge is -2.00. The molecular formula is C4H10BN2O2. The maximum atomic E-state index is 10.4. The van der Waals surface area contributed by atoms with Gasteiger partial charge in [-0.15, -0.1) is 0 Å². The van der Waals surface area contributed by atoms with E-state index in [4.69, 9.17) is 0 Å². The van der Waals surface area contributed by atoms with E-state index in [1.54, 1.807) is 14.0 Å². The van der Waals surface area contributed by atoms with Crippen molar-refractivity contribution in [2.24, 2.45) is 0 Å². The minimum Gasteiger partial charge on any atom is -0.451 e. The Hall–Kier alpha value is -0.705. The first kappa shape index (κ1) is 8.29. The first-order valence-corrected chi connectivity index (χ1v) is 2.73. The summed E-state index contributed by atoms with van der Waals surface area (Å²) in [5.74, 6) is 0. The summed E-state index contributed by atoms with van der Waals surface area (Å²) in [5, 5.41) is 4.96. The van der Waals surface area contributed by atoms with Crippen LogP contribution in [0.5, 0.6) is 0 Å². The summed E-state index contributed by atoms with van der Waals surface area (Å²) in [6.45, 7) is 2.14. The molecule has 51 valence electrons. The Morgan fingerprint density at radius 3 is 2.89 bits per heavy atom. The van der Waals surface area contributed by atoms with Gasteiger partial charge >= 0.3 is 13.6 Å². The molecule has 0 aromatic rings. The van der Waals surface area contributed by atoms with Gasteiger partial charge in [-0.25, -0.2) is 4.79 Å². The van der Waals surface area contributed by atoms with Crippen molar-refractivity contribution in [1.29, 1.82) is 0 Å². The molecule has 2 N–H and O–H groups in total. The summed E-state index contributed by atoms with van der Waals surface area (Å²) in [7, 11) is 3.09. The molecule has 5 heteroatoms. The fourth-order valence-corrected chi connectivity index (χ4v) is 0.304. The van der Waals surface area contributed by atoms with E-state index < -0.39 is 6.09 Å². The van der Waals surface area contributed by atoms with Crippen molar-refractivity contribution in [3.63, 3.8) is 0 Å². The molecule has 0 aromatic carbocycles. The zero-order valence-corrected chi connectivity index (χ0v) is 5.60. The van der Waals surface area contributed by atoms with E-state index in [0.29, 0.717) is 6.61 Å². The Bertz CT molecular complexity index is 88.6. The summed E-state index contributed by atoms with van der Waals surface area (Å²) in [6.07, 6.45) is -0.438. The van der Waals surface area contributed by atoms with Crippen molar-refractivity contribution in [3.8, 4) is 0 Å². The van der Waals surface area contributed by atoms with Crippen LogP contribution in [0, 0.1) is 0 Å². The normalized spacial score (nSPS) is 8.22. The number of hydrogen-bond donors (Lipinski definition) is 2. The number of nitrogens with one attached hydrogen (secondary N) is 2. The SMILES string of the molecule is CCOC(=O)N[B]NC. The molecule has 0 atom stereocenters. The van der Waals surface area contributed by atoms with Crippen molar-refractivity contribution in [2.75, 3.05) is 13.7 Å². The van der Waals surface area contributed by atoms with Crippen molar-refractivity contribution in [1.82, 2.24) is 10.5 Å². The minimum atomic E-state index is -0.438. The second-order valence-electron chi connectivity index (χ2n) is 1.30. The van der Waals surface area contributed by atoms with Crippen molar-refractivity contribution < 1.29 is 9.53 Å². The molecule has 0 fully saturated rings. The van der Waals surface area contributed by atoms with Crippen LogP contribution in [0.15, 0.2) is 0 Å². The third-order valence-electron chi connectivity index (χ3n) is 0.610. The molecular weight excluding hydrogens is 119 g/mol. The maximum absolute atomic E-state index is 10.4. The van der Waals surface area contributed by atoms with Crippen LogP contribution in [0.4, 0.5) is 4.79 Å². The molecule has 1 amide bonds. The molecule has 0 spiro atoms. The second-order valence-corrected chi connectivity index (χ2v) is 1.30. The maximum Gasteiger partial charge on any atom is 0.395 e. The molecule has 0 saturated carbocycles. The summed E-state index contributed by atoms with van der Waals surface area (Å²) in [5.41, 5.74) is 0. The molecule has 0 bridgehead atoms. The molecule has 1 radical (unpaired) electrons. The highest BCUT2D eigenvalue weighted by molar-refractivity contribution is 6.33. The topological polar surface area (TPSA) is 50.4 Å². The smallest absolute Gasteiger partial charge is 0.395 e. The van der Waals surface area contributed by atoms with E-state index >= 15 is 0 Å². The molecule has 9 heavy (non-hydrogen) atoms. The van der Waals surface area contributed by atoms with E-state index in [1.807, 2.05) is 0 Å². The summed E-state index contributed by atoms with van der Waals surface area (Å²) < 4.78 is 4.52. The van der Waals surface area contributed by atoms with Gasteiger partial charge in [-0.2, -0.15) is 0 Å². The first-order chi connectivity index (χ1) is 4.31. The van der Waals surface area contributed by atoms with E-state index in [-0.39, 0.29) is 0 Å². The molecule has 0 aliphatic heterocycles. The van der Waals surface area contributed by atoms with Gasteiger partial charge in [-0.3, -0.25) is 0 Å². The monoisotopic (exact) mass is 129 g/mol. The van der Waals surface area contributed by atoms with Gasteiger partial charge < -0.3 is 15.2 Å². The number of amides is 1. The molecule has 0 heterocycles. The average Bonchev–Trinajstić information content (AvgIpc) is 1.85. The molecule has 0 aromatic heterocycles. The predicted molar refractivity (Wildman–Crippen MR) is 35.0 cm³/mol. The summed E-state index contributed by atoms with van der Waals surface area (Å²) in [4.78, 5) is 10.4. The molecule has 0 saturated heterocycles. The fraction of sp³-hybridized carbons (Fsp3) is 0.750. The Balaban J connectivity index is 3.06. The van der Waals surface area contributed by atoms with Gasteiger partial charge in [0.1, 0.15) is 0 Å². The van der Waals surface area contributed by atoms with Gasteiger partial charge in [0.15, 0.2) is 0 Å². The Labute approximate surface area is 55.2 Å². The predicted octanol–water partition coefficient (Wildman–Crippen LogP) is -0.514. The van der Waals surface area contributed by atoms with Crippen LogP contribution in [0.25, 0.3) is 0 Å². The zero-order chi connectivity index (χ0) is 7.11. The zero-order valence-electron chi connectivity index (χ0n) is 5.60. The summed E-state index contributed by atoms with van der Waals surface area (Å²) in [6, 6.07) is 0. The fourth-order valence-electron chi connectivity index (χ4n) is 0.304. The van der Waals surface area contributed by atoms with Crippen LogP contribution in [-0.4, -0.2) is 27.3 Å². The Kier molecular flexibility index (Phi) is 5.01. The standard InChI is InChI=1S/C4H10BN2O2/c1-3-9-4(8)7-5-6-2/h6H,3H2,1-2H3,(H,7,8). The van der Waals surface area contributed by atoms with E-state index in [0.717, 1.165) is 0 Å². The minimum absolute atomic E-state index is 0.392. The van der Waals surface area contributed by atoms with E-state index in [9.17, 15) is 4.79 Å². The van der Waals surface area contributed by atoms with Crippen molar-refractivity contribution in [2.45, 2.75) is 6.92 Å². The molecule has 0 aliphatic rings. The first-order valence-electron chi connectivity index (χ1n) is 2.73. The van der Waals surface area contributed by atoms with E-state index in [1.165, 1.54) is 7.55 Å². The largest absolute Gasteiger partial charge is 0.451 e. The van der Waals surface area contributed by atoms with Crippen molar-refractivity contribution >= 4 is 13.6 Å². The molecule has 0 unspecified atom stereocenters. The van der Waals surface area contributed by atoms with Gasteiger partial charge in [-0.1, -0.05) is 0 Å². The highest BCUT2D eigenvalue weighted by Gasteiger charge is 1.96. The number of ether oxygens (including phenoxy) is 1. The Morgan fingerprint density at radius 2 is 2.44 bits per heavy atom. The lowest BCUT2D eigenvalue weighted by Crippen LogP contribution is -2.35. The second kappa shape index (κ2) is 5.43. The van der Waals surface area contributed by atoms with Gasteiger partial charge in [-0.05, 0) is 14.0 Å². The average molecular weight is 129 g/mol. The lowest BCUT2D eigenvalue weighted by atomic mass is 10.2. The number of rotatable bonds is 3. The van der Waals surface area contributed by atoms with Gasteiger partial charge in [0.25, 0.3) is 0 Å². The Morgan fingerprint density at radius 1 is 1.78 bits per heavy atom.